The lowest BCUT2D eigenvalue weighted by Crippen LogP contribution is -2.23. The monoisotopic (exact) mass is 317 g/mol. The Morgan fingerprint density at radius 1 is 1.50 bits per heavy atom. The predicted molar refractivity (Wildman–Crippen MR) is 71.7 cm³/mol. The quantitative estimate of drug-likeness (QED) is 0.875. The molecule has 0 aliphatic rings. The maximum Gasteiger partial charge on any atom is 0.220 e. The van der Waals surface area contributed by atoms with Crippen LogP contribution < -0.4 is 5.32 Å². The second kappa shape index (κ2) is 7.48. The van der Waals surface area contributed by atoms with E-state index < -0.39 is 0 Å². The first kappa shape index (κ1) is 15.1. The van der Waals surface area contributed by atoms with Crippen LogP contribution in [0.5, 0.6) is 0 Å². The van der Waals surface area contributed by atoms with Crippen molar-refractivity contribution >= 4 is 21.8 Å². The minimum absolute atomic E-state index is 0.0562. The maximum atomic E-state index is 13.1. The fourth-order valence-corrected chi connectivity index (χ4v) is 1.97. The van der Waals surface area contributed by atoms with Gasteiger partial charge in [-0.1, -0.05) is 15.9 Å². The van der Waals surface area contributed by atoms with E-state index in [0.717, 1.165) is 5.56 Å². The summed E-state index contributed by atoms with van der Waals surface area (Å²) in [6.45, 7) is 2.24. The van der Waals surface area contributed by atoms with Crippen molar-refractivity contribution in [2.45, 2.75) is 32.4 Å². The highest BCUT2D eigenvalue weighted by Crippen LogP contribution is 2.14. The van der Waals surface area contributed by atoms with Crippen molar-refractivity contribution in [1.29, 1.82) is 0 Å². The first-order valence-corrected chi connectivity index (χ1v) is 6.55. The fraction of sp³-hybridized carbons (Fsp3) is 0.462. The average molecular weight is 318 g/mol. The standard InChI is InChI=1S/C13H17BrFNO2/c1-9(18-2)3-4-13(17)16-8-10-5-11(14)7-12(15)6-10/h5-7,9H,3-4,8H2,1-2H3,(H,16,17)/t9-/m0/s1. The molecule has 0 saturated carbocycles. The van der Waals surface area contributed by atoms with Gasteiger partial charge in [0.05, 0.1) is 6.10 Å². The summed E-state index contributed by atoms with van der Waals surface area (Å²) in [5.41, 5.74) is 0.731. The van der Waals surface area contributed by atoms with Gasteiger partial charge in [0.15, 0.2) is 0 Å². The van der Waals surface area contributed by atoms with E-state index in [1.165, 1.54) is 12.1 Å². The van der Waals surface area contributed by atoms with Crippen LogP contribution in [0.2, 0.25) is 0 Å². The Labute approximate surface area is 115 Å². The first-order chi connectivity index (χ1) is 8.51. The second-order valence-corrected chi connectivity index (χ2v) is 5.06. The van der Waals surface area contributed by atoms with Crippen LogP contribution in [-0.2, 0) is 16.1 Å². The zero-order valence-electron chi connectivity index (χ0n) is 10.5. The highest BCUT2D eigenvalue weighted by molar-refractivity contribution is 9.10. The summed E-state index contributed by atoms with van der Waals surface area (Å²) >= 11 is 3.21. The number of nitrogens with one attached hydrogen (secondary N) is 1. The molecule has 0 aliphatic carbocycles. The predicted octanol–water partition coefficient (Wildman–Crippen LogP) is 3.02. The van der Waals surface area contributed by atoms with Crippen molar-refractivity contribution in [1.82, 2.24) is 5.32 Å². The molecule has 18 heavy (non-hydrogen) atoms. The number of carbonyl (C=O) groups excluding carboxylic acids is 1. The Morgan fingerprint density at radius 2 is 2.22 bits per heavy atom. The van der Waals surface area contributed by atoms with Crippen molar-refractivity contribution in [3.05, 3.63) is 34.1 Å². The second-order valence-electron chi connectivity index (χ2n) is 4.14. The lowest BCUT2D eigenvalue weighted by Gasteiger charge is -2.09. The molecule has 0 fully saturated rings. The summed E-state index contributed by atoms with van der Waals surface area (Å²) in [7, 11) is 1.62. The zero-order chi connectivity index (χ0) is 13.5. The van der Waals surface area contributed by atoms with E-state index >= 15 is 0 Å². The van der Waals surface area contributed by atoms with Gasteiger partial charge in [-0.3, -0.25) is 4.79 Å². The SMILES string of the molecule is CO[C@@H](C)CCC(=O)NCc1cc(F)cc(Br)c1. The van der Waals surface area contributed by atoms with E-state index in [-0.39, 0.29) is 17.8 Å². The van der Waals surface area contributed by atoms with Crippen LogP contribution in [0, 0.1) is 5.82 Å². The lowest BCUT2D eigenvalue weighted by molar-refractivity contribution is -0.121. The summed E-state index contributed by atoms with van der Waals surface area (Å²) in [6, 6.07) is 4.57. The number of methoxy groups -OCH3 is 1. The normalized spacial score (nSPS) is 12.2. The Bertz CT molecular complexity index is 392. The van der Waals surface area contributed by atoms with Crippen LogP contribution in [0.3, 0.4) is 0 Å². The highest BCUT2D eigenvalue weighted by atomic mass is 79.9. The molecule has 0 bridgehead atoms. The van der Waals surface area contributed by atoms with Crippen LogP contribution in [0.4, 0.5) is 4.39 Å². The fourth-order valence-electron chi connectivity index (χ4n) is 1.45. The van der Waals surface area contributed by atoms with Crippen molar-refractivity contribution in [3.63, 3.8) is 0 Å². The average Bonchev–Trinajstić information content (AvgIpc) is 2.32. The van der Waals surface area contributed by atoms with Gasteiger partial charge in [-0.25, -0.2) is 4.39 Å². The molecule has 0 aromatic heterocycles. The molecule has 0 radical (unpaired) electrons. The molecule has 5 heteroatoms. The molecule has 1 rings (SSSR count). The minimum Gasteiger partial charge on any atom is -0.382 e. The van der Waals surface area contributed by atoms with E-state index in [1.807, 2.05) is 6.92 Å². The number of amides is 1. The topological polar surface area (TPSA) is 38.3 Å². The maximum absolute atomic E-state index is 13.1. The lowest BCUT2D eigenvalue weighted by atomic mass is 10.2. The largest absolute Gasteiger partial charge is 0.382 e. The molecule has 0 saturated heterocycles. The van der Waals surface area contributed by atoms with E-state index in [9.17, 15) is 9.18 Å². The Hall–Kier alpha value is -0.940. The minimum atomic E-state index is -0.318. The number of carbonyl (C=O) groups is 1. The van der Waals surface area contributed by atoms with Gasteiger partial charge in [-0.05, 0) is 37.1 Å². The van der Waals surface area contributed by atoms with Gasteiger partial charge in [-0.15, -0.1) is 0 Å². The molecule has 0 aliphatic heterocycles. The van der Waals surface area contributed by atoms with Gasteiger partial charge in [0, 0.05) is 24.5 Å². The molecule has 1 aromatic carbocycles. The summed E-state index contributed by atoms with van der Waals surface area (Å²) < 4.78 is 18.8. The van der Waals surface area contributed by atoms with Crippen LogP contribution in [0.25, 0.3) is 0 Å². The number of hydrogen-bond acceptors (Lipinski definition) is 2. The Morgan fingerprint density at radius 3 is 2.83 bits per heavy atom. The van der Waals surface area contributed by atoms with Crippen molar-refractivity contribution < 1.29 is 13.9 Å². The van der Waals surface area contributed by atoms with Gasteiger partial charge in [0.1, 0.15) is 5.82 Å². The molecular weight excluding hydrogens is 301 g/mol. The number of rotatable bonds is 6. The number of halogens is 2. The molecule has 1 N–H and O–H groups in total. The molecule has 0 spiro atoms. The molecular formula is C13H17BrFNO2. The Kier molecular flexibility index (Phi) is 6.29. The molecule has 0 heterocycles. The van der Waals surface area contributed by atoms with E-state index in [0.29, 0.717) is 23.9 Å². The first-order valence-electron chi connectivity index (χ1n) is 5.75. The van der Waals surface area contributed by atoms with Gasteiger partial charge >= 0.3 is 0 Å². The summed E-state index contributed by atoms with van der Waals surface area (Å²) in [4.78, 5) is 11.5. The van der Waals surface area contributed by atoms with Crippen molar-refractivity contribution in [2.75, 3.05) is 7.11 Å². The highest BCUT2D eigenvalue weighted by Gasteiger charge is 2.06. The third-order valence-electron chi connectivity index (χ3n) is 2.59. The van der Waals surface area contributed by atoms with E-state index in [1.54, 1.807) is 13.2 Å². The summed E-state index contributed by atoms with van der Waals surface area (Å²) in [5, 5.41) is 2.75. The summed E-state index contributed by atoms with van der Waals surface area (Å²) in [6.07, 6.45) is 1.15. The van der Waals surface area contributed by atoms with Crippen LogP contribution in [-0.4, -0.2) is 19.1 Å². The number of benzene rings is 1. The molecule has 1 amide bonds. The Balaban J connectivity index is 2.38. The zero-order valence-corrected chi connectivity index (χ0v) is 12.1. The van der Waals surface area contributed by atoms with Gasteiger partial charge < -0.3 is 10.1 Å². The van der Waals surface area contributed by atoms with Gasteiger partial charge in [0.2, 0.25) is 5.91 Å². The number of ether oxygens (including phenoxy) is 1. The van der Waals surface area contributed by atoms with Crippen molar-refractivity contribution in [2.24, 2.45) is 0 Å². The smallest absolute Gasteiger partial charge is 0.220 e. The molecule has 1 aromatic rings. The third-order valence-corrected chi connectivity index (χ3v) is 3.05. The van der Waals surface area contributed by atoms with Crippen LogP contribution >= 0.6 is 15.9 Å². The molecule has 0 unspecified atom stereocenters. The van der Waals surface area contributed by atoms with Crippen LogP contribution in [0.1, 0.15) is 25.3 Å². The third kappa shape index (κ3) is 5.60. The molecule has 3 nitrogen and oxygen atoms in total. The van der Waals surface area contributed by atoms with Gasteiger partial charge in [-0.2, -0.15) is 0 Å². The van der Waals surface area contributed by atoms with Crippen LogP contribution in [0.15, 0.2) is 22.7 Å². The van der Waals surface area contributed by atoms with Gasteiger partial charge in [0.25, 0.3) is 0 Å². The van der Waals surface area contributed by atoms with E-state index in [4.69, 9.17) is 4.74 Å². The molecule has 1 atom stereocenters. The van der Waals surface area contributed by atoms with Crippen molar-refractivity contribution in [3.8, 4) is 0 Å². The van der Waals surface area contributed by atoms with E-state index in [2.05, 4.69) is 21.2 Å². The molecule has 100 valence electrons. The number of hydrogen-bond donors (Lipinski definition) is 1. The summed E-state index contributed by atoms with van der Waals surface area (Å²) in [5.74, 6) is -0.374.